The second-order valence-electron chi connectivity index (χ2n) is 5.53. The van der Waals surface area contributed by atoms with Gasteiger partial charge in [0.2, 0.25) is 15.9 Å². The molecule has 0 saturated carbocycles. The largest absolute Gasteiger partial charge is 0.492 e. The summed E-state index contributed by atoms with van der Waals surface area (Å²) in [4.78, 5) is 13.2. The van der Waals surface area contributed by atoms with Gasteiger partial charge in [0, 0.05) is 11.9 Å². The molecule has 2 rings (SSSR count). The fourth-order valence-electron chi connectivity index (χ4n) is 2.32. The van der Waals surface area contributed by atoms with Crippen molar-refractivity contribution in [1.82, 2.24) is 4.31 Å². The summed E-state index contributed by atoms with van der Waals surface area (Å²) in [5, 5.41) is 2.94. The third kappa shape index (κ3) is 5.38. The highest BCUT2D eigenvalue weighted by Crippen LogP contribution is 2.28. The Balaban J connectivity index is 2.12. The van der Waals surface area contributed by atoms with Crippen molar-refractivity contribution in [2.45, 2.75) is 16.7 Å². The average molecular weight is 429 g/mol. The lowest BCUT2D eigenvalue weighted by atomic mass is 10.3. The van der Waals surface area contributed by atoms with Gasteiger partial charge < -0.3 is 10.1 Å². The van der Waals surface area contributed by atoms with Gasteiger partial charge in [-0.15, -0.1) is 11.8 Å². The zero-order valence-electron chi connectivity index (χ0n) is 15.2. The van der Waals surface area contributed by atoms with Crippen LogP contribution in [0, 0.1) is 0 Å². The van der Waals surface area contributed by atoms with E-state index in [0.29, 0.717) is 18.0 Å². The summed E-state index contributed by atoms with van der Waals surface area (Å²) >= 11 is 7.57. The minimum atomic E-state index is -3.87. The molecule has 27 heavy (non-hydrogen) atoms. The monoisotopic (exact) mass is 428 g/mol. The molecule has 0 radical (unpaired) electrons. The molecule has 0 atom stereocenters. The number of nitrogens with zero attached hydrogens (tertiary/aromatic N) is 1. The van der Waals surface area contributed by atoms with E-state index < -0.39 is 15.9 Å². The van der Waals surface area contributed by atoms with Gasteiger partial charge in [-0.2, -0.15) is 4.31 Å². The summed E-state index contributed by atoms with van der Waals surface area (Å²) in [7, 11) is -2.52. The molecule has 0 aliphatic heterocycles. The number of likely N-dealkylation sites (N-methyl/N-ethyl adjacent to an activating group) is 1. The zero-order chi connectivity index (χ0) is 20.0. The van der Waals surface area contributed by atoms with Crippen molar-refractivity contribution in [2.75, 3.05) is 31.8 Å². The Morgan fingerprint density at radius 3 is 2.59 bits per heavy atom. The Kier molecular flexibility index (Phi) is 7.55. The van der Waals surface area contributed by atoms with Crippen LogP contribution in [0.4, 0.5) is 5.69 Å². The van der Waals surface area contributed by atoms with Crippen LogP contribution in [0.25, 0.3) is 0 Å². The maximum Gasteiger partial charge on any atom is 0.243 e. The number of anilines is 1. The Morgan fingerprint density at radius 2 is 1.96 bits per heavy atom. The van der Waals surface area contributed by atoms with Gasteiger partial charge in [0.25, 0.3) is 0 Å². The van der Waals surface area contributed by atoms with E-state index >= 15 is 0 Å². The Bertz CT molecular complexity index is 919. The van der Waals surface area contributed by atoms with Crippen LogP contribution >= 0.6 is 23.4 Å². The average Bonchev–Trinajstić information content (AvgIpc) is 2.63. The van der Waals surface area contributed by atoms with Gasteiger partial charge >= 0.3 is 0 Å². The minimum Gasteiger partial charge on any atom is -0.492 e. The Morgan fingerprint density at radius 1 is 1.26 bits per heavy atom. The zero-order valence-corrected chi connectivity index (χ0v) is 17.6. The van der Waals surface area contributed by atoms with E-state index in [2.05, 4.69) is 5.32 Å². The molecule has 2 aromatic rings. The molecule has 0 aromatic heterocycles. The number of nitrogens with one attached hydrogen (secondary N) is 1. The van der Waals surface area contributed by atoms with E-state index in [-0.39, 0.29) is 16.5 Å². The standard InChI is InChI=1S/C18H21ClN2O4S2/c1-4-25-16-10-9-13(11-14(16)19)27(23,24)21(2)12-18(22)20-15-7-5-6-8-17(15)26-3/h5-11H,4,12H2,1-3H3,(H,20,22). The first kappa shape index (κ1) is 21.6. The summed E-state index contributed by atoms with van der Waals surface area (Å²) in [5.41, 5.74) is 0.643. The molecule has 0 unspecified atom stereocenters. The van der Waals surface area contributed by atoms with E-state index in [0.717, 1.165) is 9.20 Å². The number of carbonyl (C=O) groups excluding carboxylic acids is 1. The molecular formula is C18H21ClN2O4S2. The molecule has 0 aliphatic carbocycles. The summed E-state index contributed by atoms with van der Waals surface area (Å²) < 4.78 is 31.7. The normalized spacial score (nSPS) is 11.4. The van der Waals surface area contributed by atoms with Gasteiger partial charge in [-0.05, 0) is 43.5 Å². The molecular weight excluding hydrogens is 408 g/mol. The van der Waals surface area contributed by atoms with Crippen LogP contribution in [0.15, 0.2) is 52.3 Å². The number of hydrogen-bond donors (Lipinski definition) is 1. The SMILES string of the molecule is CCOc1ccc(S(=O)(=O)N(C)CC(=O)Nc2ccccc2SC)cc1Cl. The molecule has 6 nitrogen and oxygen atoms in total. The van der Waals surface area contributed by atoms with Gasteiger partial charge in [0.1, 0.15) is 5.75 Å². The van der Waals surface area contributed by atoms with Crippen LogP contribution in [0.3, 0.4) is 0 Å². The number of sulfonamides is 1. The summed E-state index contributed by atoms with van der Waals surface area (Å²) in [6, 6.07) is 11.5. The van der Waals surface area contributed by atoms with Crippen molar-refractivity contribution >= 4 is 45.0 Å². The molecule has 1 amide bonds. The smallest absolute Gasteiger partial charge is 0.243 e. The second kappa shape index (κ2) is 9.45. The highest BCUT2D eigenvalue weighted by molar-refractivity contribution is 7.98. The van der Waals surface area contributed by atoms with Gasteiger partial charge in [-0.3, -0.25) is 4.79 Å². The number of ether oxygens (including phenoxy) is 1. The topological polar surface area (TPSA) is 75.7 Å². The Labute approximate surface area is 168 Å². The number of amides is 1. The number of halogens is 1. The van der Waals surface area contributed by atoms with E-state index in [1.807, 2.05) is 25.3 Å². The van der Waals surface area contributed by atoms with Crippen molar-refractivity contribution in [3.8, 4) is 5.75 Å². The minimum absolute atomic E-state index is 0.00392. The first-order valence-electron chi connectivity index (χ1n) is 8.11. The van der Waals surface area contributed by atoms with Crippen molar-refractivity contribution in [3.05, 3.63) is 47.5 Å². The van der Waals surface area contributed by atoms with Crippen molar-refractivity contribution in [1.29, 1.82) is 0 Å². The molecule has 1 N–H and O–H groups in total. The van der Waals surface area contributed by atoms with Crippen LogP contribution < -0.4 is 10.1 Å². The molecule has 9 heteroatoms. The van der Waals surface area contributed by atoms with E-state index in [9.17, 15) is 13.2 Å². The molecule has 146 valence electrons. The van der Waals surface area contributed by atoms with Crippen molar-refractivity contribution < 1.29 is 17.9 Å². The third-order valence-corrected chi connectivity index (χ3v) is 6.55. The van der Waals surface area contributed by atoms with E-state index in [4.69, 9.17) is 16.3 Å². The molecule has 0 fully saturated rings. The number of carbonyl (C=O) groups is 1. The van der Waals surface area contributed by atoms with Crippen LogP contribution in [0.1, 0.15) is 6.92 Å². The lowest BCUT2D eigenvalue weighted by Crippen LogP contribution is -2.35. The summed E-state index contributed by atoms with van der Waals surface area (Å²) in [6.07, 6.45) is 1.90. The number of para-hydroxylation sites is 1. The molecule has 0 saturated heterocycles. The van der Waals surface area contributed by atoms with Gasteiger partial charge in [0.05, 0.1) is 28.8 Å². The molecule has 2 aromatic carbocycles. The van der Waals surface area contributed by atoms with Crippen molar-refractivity contribution in [2.24, 2.45) is 0 Å². The molecule has 0 spiro atoms. The maximum atomic E-state index is 12.7. The number of rotatable bonds is 8. The Hall–Kier alpha value is -1.74. The molecule has 0 aliphatic rings. The molecule has 0 heterocycles. The van der Waals surface area contributed by atoms with Gasteiger partial charge in [0.15, 0.2) is 0 Å². The van der Waals surface area contributed by atoms with E-state index in [1.165, 1.54) is 37.0 Å². The lowest BCUT2D eigenvalue weighted by molar-refractivity contribution is -0.116. The predicted octanol–water partition coefficient (Wildman–Crippen LogP) is 3.72. The summed E-state index contributed by atoms with van der Waals surface area (Å²) in [5.74, 6) is -0.0215. The van der Waals surface area contributed by atoms with Crippen LogP contribution in [0.2, 0.25) is 5.02 Å². The number of hydrogen-bond acceptors (Lipinski definition) is 5. The maximum absolute atomic E-state index is 12.7. The summed E-state index contributed by atoms with van der Waals surface area (Å²) in [6.45, 7) is 1.90. The lowest BCUT2D eigenvalue weighted by Gasteiger charge is -2.18. The fraction of sp³-hybridized carbons (Fsp3) is 0.278. The quantitative estimate of drug-likeness (QED) is 0.648. The van der Waals surface area contributed by atoms with Crippen molar-refractivity contribution in [3.63, 3.8) is 0 Å². The predicted molar refractivity (Wildman–Crippen MR) is 109 cm³/mol. The fourth-order valence-corrected chi connectivity index (χ4v) is 4.33. The van der Waals surface area contributed by atoms with Gasteiger partial charge in [-0.25, -0.2) is 8.42 Å². The highest BCUT2D eigenvalue weighted by Gasteiger charge is 2.24. The van der Waals surface area contributed by atoms with Crippen LogP contribution in [-0.4, -0.2) is 45.1 Å². The first-order valence-corrected chi connectivity index (χ1v) is 11.2. The van der Waals surface area contributed by atoms with Gasteiger partial charge in [-0.1, -0.05) is 23.7 Å². The van der Waals surface area contributed by atoms with Crippen LogP contribution in [-0.2, 0) is 14.8 Å². The number of thioether (sulfide) groups is 1. The molecule has 0 bridgehead atoms. The first-order chi connectivity index (χ1) is 12.8. The van der Waals surface area contributed by atoms with E-state index in [1.54, 1.807) is 12.1 Å². The number of benzene rings is 2. The third-order valence-electron chi connectivity index (χ3n) is 3.66. The highest BCUT2D eigenvalue weighted by atomic mass is 35.5. The second-order valence-corrected chi connectivity index (χ2v) is 8.83. The van der Waals surface area contributed by atoms with Crippen LogP contribution in [0.5, 0.6) is 5.75 Å².